The van der Waals surface area contributed by atoms with Gasteiger partial charge in [-0.15, -0.1) is 0 Å². The topological polar surface area (TPSA) is 90.3 Å². The second kappa shape index (κ2) is 8.22. The second-order valence-corrected chi connectivity index (χ2v) is 6.68. The van der Waals surface area contributed by atoms with Crippen molar-refractivity contribution in [3.8, 4) is 0 Å². The molecule has 0 radical (unpaired) electrons. The lowest BCUT2D eigenvalue weighted by Crippen LogP contribution is -2.31. The SMILES string of the molecule is Cc1ccc(NC(=O)[C@H](C)OC(=O)Cc2nn(C)c(=O)c3ccccc23)cc1F. The van der Waals surface area contributed by atoms with Crippen LogP contribution in [0.5, 0.6) is 0 Å². The number of aryl methyl sites for hydroxylation is 2. The summed E-state index contributed by atoms with van der Waals surface area (Å²) < 4.78 is 20.0. The summed E-state index contributed by atoms with van der Waals surface area (Å²) in [6, 6.07) is 11.1. The maximum Gasteiger partial charge on any atom is 0.312 e. The van der Waals surface area contributed by atoms with E-state index in [9.17, 15) is 18.8 Å². The minimum Gasteiger partial charge on any atom is -0.452 e. The minimum absolute atomic E-state index is 0.203. The van der Waals surface area contributed by atoms with Crippen molar-refractivity contribution in [2.24, 2.45) is 7.05 Å². The Balaban J connectivity index is 1.70. The molecule has 0 aliphatic rings. The molecule has 1 aromatic heterocycles. The Morgan fingerprint density at radius 2 is 1.90 bits per heavy atom. The number of hydrogen-bond donors (Lipinski definition) is 1. The molecule has 2 aromatic carbocycles. The van der Waals surface area contributed by atoms with Crippen LogP contribution in [0.25, 0.3) is 10.8 Å². The molecule has 150 valence electrons. The van der Waals surface area contributed by atoms with E-state index in [0.717, 1.165) is 4.68 Å². The number of benzene rings is 2. The number of amides is 1. The fourth-order valence-electron chi connectivity index (χ4n) is 2.85. The largest absolute Gasteiger partial charge is 0.452 e. The van der Waals surface area contributed by atoms with Crippen molar-refractivity contribution in [2.75, 3.05) is 5.32 Å². The van der Waals surface area contributed by atoms with Crippen LogP contribution in [0.15, 0.2) is 47.3 Å². The average molecular weight is 397 g/mol. The summed E-state index contributed by atoms with van der Waals surface area (Å²) in [6.45, 7) is 3.03. The van der Waals surface area contributed by atoms with E-state index >= 15 is 0 Å². The summed E-state index contributed by atoms with van der Waals surface area (Å²) in [4.78, 5) is 36.7. The highest BCUT2D eigenvalue weighted by atomic mass is 19.1. The molecule has 0 saturated heterocycles. The van der Waals surface area contributed by atoms with Crippen molar-refractivity contribution in [2.45, 2.75) is 26.4 Å². The van der Waals surface area contributed by atoms with Gasteiger partial charge in [-0.25, -0.2) is 9.07 Å². The Hall–Kier alpha value is -3.55. The summed E-state index contributed by atoms with van der Waals surface area (Å²) in [7, 11) is 1.50. The fraction of sp³-hybridized carbons (Fsp3) is 0.238. The smallest absolute Gasteiger partial charge is 0.312 e. The van der Waals surface area contributed by atoms with Gasteiger partial charge in [0, 0.05) is 18.1 Å². The van der Waals surface area contributed by atoms with Crippen LogP contribution in [0.3, 0.4) is 0 Å². The number of nitrogens with one attached hydrogen (secondary N) is 1. The van der Waals surface area contributed by atoms with Gasteiger partial charge in [-0.3, -0.25) is 14.4 Å². The predicted octanol–water partition coefficient (Wildman–Crippen LogP) is 2.49. The first-order valence-corrected chi connectivity index (χ1v) is 8.97. The van der Waals surface area contributed by atoms with E-state index in [1.807, 2.05) is 0 Å². The second-order valence-electron chi connectivity index (χ2n) is 6.68. The fourth-order valence-corrected chi connectivity index (χ4v) is 2.85. The third kappa shape index (κ3) is 4.48. The van der Waals surface area contributed by atoms with Crippen LogP contribution in [0.4, 0.5) is 10.1 Å². The van der Waals surface area contributed by atoms with Gasteiger partial charge in [0.15, 0.2) is 6.10 Å². The van der Waals surface area contributed by atoms with Crippen LogP contribution in [0.2, 0.25) is 0 Å². The van der Waals surface area contributed by atoms with Crippen molar-refractivity contribution >= 4 is 28.3 Å². The zero-order chi connectivity index (χ0) is 21.1. The number of fused-ring (bicyclic) bond motifs is 1. The lowest BCUT2D eigenvalue weighted by atomic mass is 10.1. The van der Waals surface area contributed by atoms with E-state index in [1.165, 1.54) is 26.1 Å². The molecule has 7 nitrogen and oxygen atoms in total. The van der Waals surface area contributed by atoms with Crippen LogP contribution in [-0.4, -0.2) is 27.8 Å². The van der Waals surface area contributed by atoms with Gasteiger partial charge in [0.2, 0.25) is 0 Å². The van der Waals surface area contributed by atoms with Crippen molar-refractivity contribution in [1.82, 2.24) is 9.78 Å². The van der Waals surface area contributed by atoms with Crippen LogP contribution < -0.4 is 10.9 Å². The normalized spacial score (nSPS) is 11.9. The average Bonchev–Trinajstić information content (AvgIpc) is 2.68. The van der Waals surface area contributed by atoms with E-state index in [0.29, 0.717) is 22.0 Å². The van der Waals surface area contributed by atoms with E-state index < -0.39 is 23.8 Å². The van der Waals surface area contributed by atoms with Gasteiger partial charge in [0.05, 0.1) is 17.5 Å². The highest BCUT2D eigenvalue weighted by Crippen LogP contribution is 2.16. The molecule has 1 atom stereocenters. The zero-order valence-electron chi connectivity index (χ0n) is 16.2. The lowest BCUT2D eigenvalue weighted by molar-refractivity contribution is -0.152. The first-order valence-electron chi connectivity index (χ1n) is 8.97. The summed E-state index contributed by atoms with van der Waals surface area (Å²) in [5.41, 5.74) is 0.836. The Morgan fingerprint density at radius 3 is 2.59 bits per heavy atom. The predicted molar refractivity (Wildman–Crippen MR) is 106 cm³/mol. The standard InChI is InChI=1S/C21H20FN3O4/c1-12-8-9-14(10-17(12)22)23-20(27)13(2)29-19(26)11-18-15-6-4-5-7-16(15)21(28)25(3)24-18/h4-10,13H,11H2,1-3H3,(H,23,27)/t13-/m0/s1. The summed E-state index contributed by atoms with van der Waals surface area (Å²) >= 11 is 0. The van der Waals surface area contributed by atoms with E-state index in [1.54, 1.807) is 37.3 Å². The lowest BCUT2D eigenvalue weighted by Gasteiger charge is -2.14. The van der Waals surface area contributed by atoms with Crippen molar-refractivity contribution in [3.05, 3.63) is 69.9 Å². The summed E-state index contributed by atoms with van der Waals surface area (Å²) in [5, 5.41) is 7.65. The number of aromatic nitrogens is 2. The highest BCUT2D eigenvalue weighted by Gasteiger charge is 2.20. The van der Waals surface area contributed by atoms with Crippen LogP contribution in [0, 0.1) is 12.7 Å². The Kier molecular flexibility index (Phi) is 5.72. The molecule has 1 heterocycles. The third-order valence-corrected chi connectivity index (χ3v) is 4.46. The Labute approximate surface area is 166 Å². The van der Waals surface area contributed by atoms with Gasteiger partial charge in [-0.2, -0.15) is 5.10 Å². The molecule has 1 N–H and O–H groups in total. The van der Waals surface area contributed by atoms with Gasteiger partial charge in [-0.1, -0.05) is 24.3 Å². The number of ether oxygens (including phenoxy) is 1. The summed E-state index contributed by atoms with van der Waals surface area (Å²) in [5.74, 6) is -1.70. The minimum atomic E-state index is -1.09. The molecule has 0 aliphatic heterocycles. The quantitative estimate of drug-likeness (QED) is 0.668. The number of halogens is 1. The van der Waals surface area contributed by atoms with E-state index in [-0.39, 0.29) is 17.7 Å². The molecule has 0 bridgehead atoms. The molecule has 0 unspecified atom stereocenters. The van der Waals surface area contributed by atoms with Crippen molar-refractivity contribution in [3.63, 3.8) is 0 Å². The molecule has 3 rings (SSSR count). The molecule has 1 amide bonds. The number of rotatable bonds is 5. The van der Waals surface area contributed by atoms with Gasteiger partial charge < -0.3 is 10.1 Å². The molecule has 0 aliphatic carbocycles. The van der Waals surface area contributed by atoms with Crippen molar-refractivity contribution in [1.29, 1.82) is 0 Å². The van der Waals surface area contributed by atoms with Crippen LogP contribution in [-0.2, 0) is 27.8 Å². The van der Waals surface area contributed by atoms with Crippen LogP contribution >= 0.6 is 0 Å². The molecule has 29 heavy (non-hydrogen) atoms. The molecule has 0 spiro atoms. The third-order valence-electron chi connectivity index (χ3n) is 4.46. The first-order chi connectivity index (χ1) is 13.8. The Bertz CT molecular complexity index is 1160. The van der Waals surface area contributed by atoms with E-state index in [4.69, 9.17) is 4.74 Å². The zero-order valence-corrected chi connectivity index (χ0v) is 16.2. The summed E-state index contributed by atoms with van der Waals surface area (Å²) in [6.07, 6.45) is -1.29. The Morgan fingerprint density at radius 1 is 1.21 bits per heavy atom. The number of anilines is 1. The van der Waals surface area contributed by atoms with Crippen LogP contribution in [0.1, 0.15) is 18.2 Å². The first kappa shape index (κ1) is 20.2. The molecule has 8 heteroatoms. The highest BCUT2D eigenvalue weighted by molar-refractivity contribution is 5.95. The molecular weight excluding hydrogens is 377 g/mol. The molecule has 0 fully saturated rings. The monoisotopic (exact) mass is 397 g/mol. The van der Waals surface area contributed by atoms with Gasteiger partial charge >= 0.3 is 5.97 Å². The number of carbonyl (C=O) groups is 2. The van der Waals surface area contributed by atoms with Crippen molar-refractivity contribution < 1.29 is 18.7 Å². The van der Waals surface area contributed by atoms with Gasteiger partial charge in [0.1, 0.15) is 5.82 Å². The van der Waals surface area contributed by atoms with Gasteiger partial charge in [0.25, 0.3) is 11.5 Å². The molecule has 0 saturated carbocycles. The molecular formula is C21H20FN3O4. The number of esters is 1. The van der Waals surface area contributed by atoms with Gasteiger partial charge in [-0.05, 0) is 37.6 Å². The maximum absolute atomic E-state index is 13.6. The number of carbonyl (C=O) groups excluding carboxylic acids is 2. The number of nitrogens with zero attached hydrogens (tertiary/aromatic N) is 2. The maximum atomic E-state index is 13.6. The van der Waals surface area contributed by atoms with E-state index in [2.05, 4.69) is 10.4 Å². The number of hydrogen-bond acceptors (Lipinski definition) is 5. The molecule has 3 aromatic rings.